The molecule has 0 spiro atoms. The summed E-state index contributed by atoms with van der Waals surface area (Å²) in [6, 6.07) is 8.73. The molecule has 2 aromatic heterocycles. The maximum Gasteiger partial charge on any atom is 0.276 e. The van der Waals surface area contributed by atoms with Crippen molar-refractivity contribution >= 4 is 23.3 Å². The van der Waals surface area contributed by atoms with Crippen molar-refractivity contribution in [1.82, 2.24) is 24.8 Å². The quantitative estimate of drug-likeness (QED) is 0.609. The van der Waals surface area contributed by atoms with E-state index in [1.54, 1.807) is 42.7 Å². The Morgan fingerprint density at radius 3 is 2.58 bits per heavy atom. The average molecular weight is 440 g/mol. The second-order valence-corrected chi connectivity index (χ2v) is 8.10. The van der Waals surface area contributed by atoms with E-state index in [2.05, 4.69) is 19.9 Å². The van der Waals surface area contributed by atoms with Crippen molar-refractivity contribution in [1.29, 1.82) is 0 Å². The third-order valence-electron chi connectivity index (χ3n) is 5.42. The minimum absolute atomic E-state index is 0.0724. The summed E-state index contributed by atoms with van der Waals surface area (Å²) in [4.78, 5) is 32.2. The molecule has 0 aliphatic heterocycles. The number of hydrogen-bond donors (Lipinski definition) is 1. The Morgan fingerprint density at radius 2 is 1.90 bits per heavy atom. The van der Waals surface area contributed by atoms with Crippen LogP contribution in [0.1, 0.15) is 53.3 Å². The van der Waals surface area contributed by atoms with Gasteiger partial charge in [0.25, 0.3) is 5.91 Å². The number of carbonyl (C=O) groups excluding carboxylic acids is 2. The van der Waals surface area contributed by atoms with Crippen molar-refractivity contribution in [2.45, 2.75) is 44.3 Å². The lowest BCUT2D eigenvalue weighted by molar-refractivity contribution is -0.126. The van der Waals surface area contributed by atoms with Gasteiger partial charge < -0.3 is 10.2 Å². The number of nitrogens with one attached hydrogen (secondary N) is 1. The highest BCUT2D eigenvalue weighted by molar-refractivity contribution is 7.03. The van der Waals surface area contributed by atoms with E-state index in [4.69, 9.17) is 0 Å². The van der Waals surface area contributed by atoms with Gasteiger partial charge in [-0.15, -0.1) is 5.10 Å². The predicted molar refractivity (Wildman–Crippen MR) is 114 cm³/mol. The topological polar surface area (TPSA) is 88.1 Å². The Kier molecular flexibility index (Phi) is 6.61. The molecule has 0 radical (unpaired) electrons. The minimum atomic E-state index is -0.961. The summed E-state index contributed by atoms with van der Waals surface area (Å²) in [5.74, 6) is -1.23. The van der Waals surface area contributed by atoms with Gasteiger partial charge in [-0.1, -0.05) is 35.5 Å². The average Bonchev–Trinajstić information content (AvgIpc) is 3.49. The number of aromatic nitrogens is 3. The molecule has 1 saturated carbocycles. The summed E-state index contributed by atoms with van der Waals surface area (Å²) in [5.41, 5.74) is 1.03. The van der Waals surface area contributed by atoms with Gasteiger partial charge in [-0.2, -0.15) is 0 Å². The number of benzene rings is 1. The van der Waals surface area contributed by atoms with Crippen LogP contribution in [0.15, 0.2) is 54.2 Å². The Labute approximate surface area is 183 Å². The molecule has 1 aliphatic rings. The first-order valence-electron chi connectivity index (χ1n) is 10.1. The Balaban J connectivity index is 1.73. The second kappa shape index (κ2) is 9.74. The largest absolute Gasteiger partial charge is 0.351 e. The molecule has 0 bridgehead atoms. The summed E-state index contributed by atoms with van der Waals surface area (Å²) in [6.45, 7) is -0.0892. The second-order valence-electron chi connectivity index (χ2n) is 7.49. The van der Waals surface area contributed by atoms with E-state index >= 15 is 0 Å². The summed E-state index contributed by atoms with van der Waals surface area (Å²) in [7, 11) is 0. The smallest absolute Gasteiger partial charge is 0.276 e. The lowest BCUT2D eigenvalue weighted by Gasteiger charge is -2.32. The van der Waals surface area contributed by atoms with Gasteiger partial charge in [0.2, 0.25) is 5.91 Å². The van der Waals surface area contributed by atoms with E-state index in [-0.39, 0.29) is 24.2 Å². The third-order valence-corrected chi connectivity index (χ3v) is 5.93. The molecule has 0 saturated heterocycles. The van der Waals surface area contributed by atoms with Gasteiger partial charge in [-0.05, 0) is 48.1 Å². The lowest BCUT2D eigenvalue weighted by Crippen LogP contribution is -2.46. The molecule has 1 N–H and O–H groups in total. The number of nitrogens with zero attached hydrogens (tertiary/aromatic N) is 4. The highest BCUT2D eigenvalue weighted by Crippen LogP contribution is 2.27. The molecule has 1 fully saturated rings. The van der Waals surface area contributed by atoms with Crippen LogP contribution in [0.3, 0.4) is 0 Å². The molecule has 4 rings (SSSR count). The van der Waals surface area contributed by atoms with Crippen LogP contribution in [0.2, 0.25) is 0 Å². The van der Waals surface area contributed by atoms with Crippen molar-refractivity contribution in [3.63, 3.8) is 0 Å². The van der Waals surface area contributed by atoms with E-state index in [0.717, 1.165) is 37.2 Å². The van der Waals surface area contributed by atoms with Crippen LogP contribution in [0.4, 0.5) is 4.39 Å². The fourth-order valence-corrected chi connectivity index (χ4v) is 4.29. The van der Waals surface area contributed by atoms with Crippen molar-refractivity contribution in [2.75, 3.05) is 0 Å². The summed E-state index contributed by atoms with van der Waals surface area (Å²) < 4.78 is 18.2. The molecule has 1 aromatic carbocycles. The maximum atomic E-state index is 14.5. The maximum absolute atomic E-state index is 14.5. The molecular formula is C22H22FN5O2S. The molecule has 3 aromatic rings. The van der Waals surface area contributed by atoms with Gasteiger partial charge in [0.1, 0.15) is 11.9 Å². The first-order valence-corrected chi connectivity index (χ1v) is 11.0. The molecule has 1 unspecified atom stereocenters. The SMILES string of the molecule is O=C(NC1CCCC1)C(c1ccncc1)N(Cc1ccccc1F)C(=O)c1csnn1. The molecule has 160 valence electrons. The normalized spacial score (nSPS) is 14.9. The van der Waals surface area contributed by atoms with Gasteiger partial charge in [-0.25, -0.2) is 4.39 Å². The third kappa shape index (κ3) is 4.93. The zero-order valence-electron chi connectivity index (χ0n) is 16.8. The number of hydrogen-bond acceptors (Lipinski definition) is 6. The van der Waals surface area contributed by atoms with Crippen LogP contribution in [-0.2, 0) is 11.3 Å². The summed E-state index contributed by atoms with van der Waals surface area (Å²) in [6.07, 6.45) is 7.08. The van der Waals surface area contributed by atoms with Crippen LogP contribution < -0.4 is 5.32 Å². The molecule has 31 heavy (non-hydrogen) atoms. The highest BCUT2D eigenvalue weighted by Gasteiger charge is 2.35. The van der Waals surface area contributed by atoms with E-state index in [1.165, 1.54) is 16.3 Å². The van der Waals surface area contributed by atoms with Gasteiger partial charge in [0.15, 0.2) is 5.69 Å². The summed E-state index contributed by atoms with van der Waals surface area (Å²) >= 11 is 1.04. The van der Waals surface area contributed by atoms with E-state index in [1.807, 2.05) is 0 Å². The first-order chi connectivity index (χ1) is 15.1. The molecule has 1 aliphatic carbocycles. The Hall–Kier alpha value is -3.20. The molecular weight excluding hydrogens is 417 g/mol. The Bertz CT molecular complexity index is 1030. The molecule has 9 heteroatoms. The molecule has 2 heterocycles. The van der Waals surface area contributed by atoms with Crippen LogP contribution in [0.5, 0.6) is 0 Å². The van der Waals surface area contributed by atoms with E-state index < -0.39 is 17.8 Å². The zero-order chi connectivity index (χ0) is 21.6. The number of pyridine rings is 1. The zero-order valence-corrected chi connectivity index (χ0v) is 17.6. The molecule has 2 amide bonds. The molecule has 1 atom stereocenters. The fourth-order valence-electron chi connectivity index (χ4n) is 3.86. The van der Waals surface area contributed by atoms with E-state index in [9.17, 15) is 14.0 Å². The first kappa shape index (κ1) is 21.0. The highest BCUT2D eigenvalue weighted by atomic mass is 32.1. The minimum Gasteiger partial charge on any atom is -0.351 e. The van der Waals surface area contributed by atoms with Crippen molar-refractivity contribution in [3.05, 3.63) is 76.8 Å². The van der Waals surface area contributed by atoms with Gasteiger partial charge >= 0.3 is 0 Å². The number of carbonyl (C=O) groups is 2. The lowest BCUT2D eigenvalue weighted by atomic mass is 10.0. The molecule has 7 nitrogen and oxygen atoms in total. The standard InChI is InChI=1S/C22H22FN5O2S/c23-18-8-4-1-5-16(18)13-28(22(30)19-14-31-27-26-19)20(15-9-11-24-12-10-15)21(29)25-17-6-2-3-7-17/h1,4-5,8-12,14,17,20H,2-3,6-7,13H2,(H,25,29). The van der Waals surface area contributed by atoms with Crippen LogP contribution in [0.25, 0.3) is 0 Å². The van der Waals surface area contributed by atoms with Gasteiger partial charge in [0.05, 0.1) is 6.54 Å². The van der Waals surface area contributed by atoms with Crippen LogP contribution in [-0.4, -0.2) is 37.3 Å². The van der Waals surface area contributed by atoms with E-state index in [0.29, 0.717) is 11.1 Å². The summed E-state index contributed by atoms with van der Waals surface area (Å²) in [5, 5.41) is 8.48. The van der Waals surface area contributed by atoms with Crippen molar-refractivity contribution in [3.8, 4) is 0 Å². The predicted octanol–water partition coefficient (Wildman–Crippen LogP) is 3.51. The Morgan fingerprint density at radius 1 is 1.16 bits per heavy atom. The van der Waals surface area contributed by atoms with Crippen LogP contribution >= 0.6 is 11.5 Å². The van der Waals surface area contributed by atoms with Crippen LogP contribution in [0, 0.1) is 5.82 Å². The number of rotatable bonds is 7. The van der Waals surface area contributed by atoms with Gasteiger partial charge in [-0.3, -0.25) is 14.6 Å². The number of amides is 2. The monoisotopic (exact) mass is 439 g/mol. The van der Waals surface area contributed by atoms with Crippen molar-refractivity contribution in [2.24, 2.45) is 0 Å². The van der Waals surface area contributed by atoms with Gasteiger partial charge in [0, 0.05) is 29.4 Å². The van der Waals surface area contributed by atoms with Crippen molar-refractivity contribution < 1.29 is 14.0 Å². The fraction of sp³-hybridized carbons (Fsp3) is 0.318. The number of halogens is 1.